The largest absolute Gasteiger partial charge is 0.342 e. The molecule has 2 aromatic heterocycles. The van der Waals surface area contributed by atoms with Gasteiger partial charge in [0.15, 0.2) is 0 Å². The summed E-state index contributed by atoms with van der Waals surface area (Å²) >= 11 is 0. The second-order valence-corrected chi connectivity index (χ2v) is 7.43. The van der Waals surface area contributed by atoms with E-state index in [2.05, 4.69) is 9.97 Å². The molecular formula is C22H24N4O3. The van der Waals surface area contributed by atoms with Crippen molar-refractivity contribution in [3.63, 3.8) is 0 Å². The molecule has 0 aliphatic carbocycles. The Labute approximate surface area is 168 Å². The van der Waals surface area contributed by atoms with Crippen molar-refractivity contribution >= 4 is 16.9 Å². The first-order valence-electron chi connectivity index (χ1n) is 10.0. The van der Waals surface area contributed by atoms with Crippen LogP contribution in [-0.2, 0) is 4.79 Å². The summed E-state index contributed by atoms with van der Waals surface area (Å²) in [6, 6.07) is 12.9. The fourth-order valence-corrected chi connectivity index (χ4v) is 4.20. The van der Waals surface area contributed by atoms with E-state index >= 15 is 0 Å². The van der Waals surface area contributed by atoms with E-state index < -0.39 is 5.69 Å². The summed E-state index contributed by atoms with van der Waals surface area (Å²) < 4.78 is 1.29. The van der Waals surface area contributed by atoms with Crippen molar-refractivity contribution < 1.29 is 4.79 Å². The summed E-state index contributed by atoms with van der Waals surface area (Å²) in [7, 11) is 0. The third-order valence-corrected chi connectivity index (χ3v) is 5.75. The maximum atomic E-state index is 13.1. The molecule has 3 aromatic rings. The third-order valence-electron chi connectivity index (χ3n) is 5.75. The van der Waals surface area contributed by atoms with Crippen LogP contribution in [-0.4, -0.2) is 38.4 Å². The van der Waals surface area contributed by atoms with Gasteiger partial charge in [-0.3, -0.25) is 19.1 Å². The van der Waals surface area contributed by atoms with Gasteiger partial charge in [0.25, 0.3) is 5.56 Å². The van der Waals surface area contributed by atoms with E-state index in [1.54, 1.807) is 18.3 Å². The number of nitrogens with zero attached hydrogens (tertiary/aromatic N) is 3. The lowest BCUT2D eigenvalue weighted by Gasteiger charge is -2.34. The fourth-order valence-electron chi connectivity index (χ4n) is 4.20. The lowest BCUT2D eigenvalue weighted by atomic mass is 9.93. The molecule has 1 atom stereocenters. The van der Waals surface area contributed by atoms with Crippen LogP contribution >= 0.6 is 0 Å². The highest BCUT2D eigenvalue weighted by Crippen LogP contribution is 2.26. The third kappa shape index (κ3) is 3.60. The van der Waals surface area contributed by atoms with Gasteiger partial charge >= 0.3 is 5.69 Å². The van der Waals surface area contributed by atoms with Crippen LogP contribution in [0, 0.1) is 0 Å². The van der Waals surface area contributed by atoms with Gasteiger partial charge < -0.3 is 4.90 Å². The summed E-state index contributed by atoms with van der Waals surface area (Å²) in [6.45, 7) is 3.08. The predicted octanol–water partition coefficient (Wildman–Crippen LogP) is 2.44. The van der Waals surface area contributed by atoms with E-state index in [1.807, 2.05) is 42.2 Å². The molecule has 1 fully saturated rings. The molecule has 1 saturated heterocycles. The standard InChI is InChI=1S/C22H24N4O3/c1-2-17(15-7-4-3-5-8-15)20(27)25-13-10-16(11-14-25)26-21(28)18-9-6-12-23-19(18)24-22(26)29/h3-9,12,16-17H,2,10-11,13-14H2,1H3,(H,23,24,29)/t17-/m0/s1. The number of amides is 1. The van der Waals surface area contributed by atoms with Crippen molar-refractivity contribution in [2.45, 2.75) is 38.1 Å². The highest BCUT2D eigenvalue weighted by atomic mass is 16.2. The van der Waals surface area contributed by atoms with Crippen LogP contribution in [0.25, 0.3) is 11.0 Å². The number of H-pyrrole nitrogens is 1. The molecule has 0 radical (unpaired) electrons. The molecule has 1 aliphatic heterocycles. The number of rotatable bonds is 4. The number of benzene rings is 1. The number of hydrogen-bond acceptors (Lipinski definition) is 4. The van der Waals surface area contributed by atoms with Crippen molar-refractivity contribution in [3.05, 3.63) is 75.1 Å². The molecule has 29 heavy (non-hydrogen) atoms. The molecule has 0 unspecified atom stereocenters. The van der Waals surface area contributed by atoms with Crippen LogP contribution < -0.4 is 11.2 Å². The van der Waals surface area contributed by atoms with Crippen molar-refractivity contribution in [1.29, 1.82) is 0 Å². The molecule has 1 N–H and O–H groups in total. The quantitative estimate of drug-likeness (QED) is 0.739. The minimum atomic E-state index is -0.443. The highest BCUT2D eigenvalue weighted by molar-refractivity contribution is 5.83. The SMILES string of the molecule is CC[C@H](C(=O)N1CCC(n2c(=O)[nH]c3ncccc3c2=O)CC1)c1ccccc1. The van der Waals surface area contributed by atoms with E-state index in [0.29, 0.717) is 37.0 Å². The molecular weight excluding hydrogens is 368 g/mol. The molecule has 4 rings (SSSR count). The van der Waals surface area contributed by atoms with Crippen molar-refractivity contribution in [2.75, 3.05) is 13.1 Å². The van der Waals surface area contributed by atoms with Gasteiger partial charge in [0.05, 0.1) is 11.3 Å². The fraction of sp³-hybridized carbons (Fsp3) is 0.364. The maximum Gasteiger partial charge on any atom is 0.330 e. The van der Waals surface area contributed by atoms with Crippen LogP contribution in [0.4, 0.5) is 0 Å². The number of carbonyl (C=O) groups excluding carboxylic acids is 1. The summed E-state index contributed by atoms with van der Waals surface area (Å²) in [4.78, 5) is 47.0. The summed E-state index contributed by atoms with van der Waals surface area (Å²) in [6.07, 6.45) is 3.43. The minimum Gasteiger partial charge on any atom is -0.342 e. The van der Waals surface area contributed by atoms with E-state index in [1.165, 1.54) is 4.57 Å². The Balaban J connectivity index is 1.53. The van der Waals surface area contributed by atoms with Gasteiger partial charge in [-0.1, -0.05) is 37.3 Å². The van der Waals surface area contributed by atoms with Crippen LogP contribution in [0.5, 0.6) is 0 Å². The molecule has 0 spiro atoms. The summed E-state index contributed by atoms with van der Waals surface area (Å²) in [5.74, 6) is -0.0493. The molecule has 1 aromatic carbocycles. The van der Waals surface area contributed by atoms with Gasteiger partial charge in [-0.2, -0.15) is 0 Å². The Morgan fingerprint density at radius 1 is 1.14 bits per heavy atom. The Kier molecular flexibility index (Phi) is 5.29. The number of pyridine rings is 1. The average molecular weight is 392 g/mol. The number of likely N-dealkylation sites (tertiary alicyclic amines) is 1. The average Bonchev–Trinajstić information content (AvgIpc) is 2.75. The predicted molar refractivity (Wildman–Crippen MR) is 111 cm³/mol. The number of aromatic amines is 1. The number of hydrogen-bond donors (Lipinski definition) is 1. The van der Waals surface area contributed by atoms with E-state index in [9.17, 15) is 14.4 Å². The van der Waals surface area contributed by atoms with Crippen molar-refractivity contribution in [2.24, 2.45) is 0 Å². The van der Waals surface area contributed by atoms with Gasteiger partial charge in [0, 0.05) is 25.3 Å². The second-order valence-electron chi connectivity index (χ2n) is 7.43. The maximum absolute atomic E-state index is 13.1. The Morgan fingerprint density at radius 2 is 1.86 bits per heavy atom. The number of piperidine rings is 1. The number of fused-ring (bicyclic) bond motifs is 1. The van der Waals surface area contributed by atoms with Crippen molar-refractivity contribution in [3.8, 4) is 0 Å². The minimum absolute atomic E-state index is 0.112. The number of nitrogens with one attached hydrogen (secondary N) is 1. The van der Waals surface area contributed by atoms with Crippen LogP contribution in [0.15, 0.2) is 58.3 Å². The zero-order valence-corrected chi connectivity index (χ0v) is 16.4. The lowest BCUT2D eigenvalue weighted by molar-refractivity contribution is -0.134. The van der Waals surface area contributed by atoms with E-state index in [-0.39, 0.29) is 23.4 Å². The first-order valence-corrected chi connectivity index (χ1v) is 10.0. The highest BCUT2D eigenvalue weighted by Gasteiger charge is 2.30. The number of carbonyl (C=O) groups is 1. The molecule has 1 amide bonds. The van der Waals surface area contributed by atoms with Gasteiger partial charge in [-0.25, -0.2) is 9.78 Å². The normalized spacial score (nSPS) is 16.1. The number of aromatic nitrogens is 3. The van der Waals surface area contributed by atoms with Crippen LogP contribution in [0.1, 0.15) is 43.7 Å². The summed E-state index contributed by atoms with van der Waals surface area (Å²) in [5.41, 5.74) is 0.566. The van der Waals surface area contributed by atoms with E-state index in [4.69, 9.17) is 0 Å². The van der Waals surface area contributed by atoms with E-state index in [0.717, 1.165) is 12.0 Å². The molecule has 7 heteroatoms. The Hall–Kier alpha value is -3.22. The zero-order valence-electron chi connectivity index (χ0n) is 16.4. The Bertz CT molecular complexity index is 1130. The Morgan fingerprint density at radius 3 is 2.55 bits per heavy atom. The molecule has 1 aliphatic rings. The van der Waals surface area contributed by atoms with Gasteiger partial charge in [0.2, 0.25) is 5.91 Å². The topological polar surface area (TPSA) is 88.1 Å². The first-order chi connectivity index (χ1) is 14.1. The van der Waals surface area contributed by atoms with Gasteiger partial charge in [-0.05, 0) is 37.0 Å². The smallest absolute Gasteiger partial charge is 0.330 e. The molecule has 0 bridgehead atoms. The van der Waals surface area contributed by atoms with Gasteiger partial charge in [0.1, 0.15) is 5.65 Å². The van der Waals surface area contributed by atoms with Crippen LogP contribution in [0.2, 0.25) is 0 Å². The van der Waals surface area contributed by atoms with Crippen molar-refractivity contribution in [1.82, 2.24) is 19.4 Å². The molecule has 7 nitrogen and oxygen atoms in total. The zero-order chi connectivity index (χ0) is 20.4. The molecule has 3 heterocycles. The monoisotopic (exact) mass is 392 g/mol. The first kappa shape index (κ1) is 19.1. The summed E-state index contributed by atoms with van der Waals surface area (Å²) in [5, 5.41) is 0.403. The van der Waals surface area contributed by atoms with Gasteiger partial charge in [-0.15, -0.1) is 0 Å². The lowest BCUT2D eigenvalue weighted by Crippen LogP contribution is -2.46. The second kappa shape index (κ2) is 8.03. The molecule has 150 valence electrons. The van der Waals surface area contributed by atoms with Crippen LogP contribution in [0.3, 0.4) is 0 Å². The molecule has 0 saturated carbocycles.